The van der Waals surface area contributed by atoms with Crippen molar-refractivity contribution in [2.24, 2.45) is 0 Å². The summed E-state index contributed by atoms with van der Waals surface area (Å²) in [5.74, 6) is 0. The summed E-state index contributed by atoms with van der Waals surface area (Å²) in [6.07, 6.45) is 2.53. The minimum absolute atomic E-state index is 0.288. The molecule has 0 bridgehead atoms. The number of likely N-dealkylation sites (tertiary alicyclic amines) is 1. The lowest BCUT2D eigenvalue weighted by atomic mass is 9.84. The van der Waals surface area contributed by atoms with Crippen molar-refractivity contribution in [1.82, 2.24) is 14.7 Å². The summed E-state index contributed by atoms with van der Waals surface area (Å²) in [7, 11) is 4.53. The normalized spacial score (nSPS) is 21.2. The zero-order chi connectivity index (χ0) is 20.1. The highest BCUT2D eigenvalue weighted by Gasteiger charge is 2.41. The molecule has 0 amide bonds. The zero-order valence-corrected chi connectivity index (χ0v) is 18.1. The first kappa shape index (κ1) is 20.4. The molecule has 2 fully saturated rings. The third-order valence-electron chi connectivity index (χ3n) is 6.94. The Morgan fingerprint density at radius 1 is 0.793 bits per heavy atom. The van der Waals surface area contributed by atoms with Crippen molar-refractivity contribution in [3.8, 4) is 0 Å². The quantitative estimate of drug-likeness (QED) is 0.747. The van der Waals surface area contributed by atoms with E-state index < -0.39 is 0 Å². The Bertz CT molecular complexity index is 732. The second-order valence-electron chi connectivity index (χ2n) is 8.97. The highest BCUT2D eigenvalue weighted by molar-refractivity contribution is 5.45. The molecule has 0 aromatic heterocycles. The van der Waals surface area contributed by atoms with Gasteiger partial charge in [-0.15, -0.1) is 0 Å². The molecule has 4 rings (SSSR count). The van der Waals surface area contributed by atoms with Gasteiger partial charge in [0.1, 0.15) is 0 Å². The van der Waals surface area contributed by atoms with Gasteiger partial charge in [0, 0.05) is 57.5 Å². The molecule has 0 saturated carbocycles. The van der Waals surface area contributed by atoms with Gasteiger partial charge in [-0.25, -0.2) is 0 Å². The maximum absolute atomic E-state index is 2.82. The number of piperazine rings is 1. The Balaban J connectivity index is 1.42. The molecule has 29 heavy (non-hydrogen) atoms. The van der Waals surface area contributed by atoms with Crippen LogP contribution < -0.4 is 4.90 Å². The van der Waals surface area contributed by atoms with E-state index in [1.165, 1.54) is 63.4 Å². The van der Waals surface area contributed by atoms with Gasteiger partial charge in [-0.2, -0.15) is 0 Å². The van der Waals surface area contributed by atoms with Gasteiger partial charge in [-0.3, -0.25) is 9.80 Å². The molecule has 0 atom stereocenters. The van der Waals surface area contributed by atoms with Gasteiger partial charge in [0.2, 0.25) is 0 Å². The minimum atomic E-state index is 0.288. The van der Waals surface area contributed by atoms with E-state index in [2.05, 4.69) is 94.4 Å². The van der Waals surface area contributed by atoms with Crippen LogP contribution in [0, 0.1) is 0 Å². The topological polar surface area (TPSA) is 13.0 Å². The fraction of sp³-hybridized carbons (Fsp3) is 0.520. The van der Waals surface area contributed by atoms with Crippen LogP contribution >= 0.6 is 0 Å². The lowest BCUT2D eigenvalue weighted by molar-refractivity contribution is -0.00340. The molecule has 4 nitrogen and oxygen atoms in total. The molecule has 2 saturated heterocycles. The van der Waals surface area contributed by atoms with E-state index in [0.29, 0.717) is 0 Å². The Kier molecular flexibility index (Phi) is 6.53. The number of likely N-dealkylation sites (N-methyl/N-ethyl adjacent to an activating group) is 1. The third-order valence-corrected chi connectivity index (χ3v) is 6.94. The van der Waals surface area contributed by atoms with Crippen LogP contribution in [-0.4, -0.2) is 80.1 Å². The molecule has 2 aliphatic rings. The summed E-state index contributed by atoms with van der Waals surface area (Å²) in [5.41, 5.74) is 3.04. The van der Waals surface area contributed by atoms with Crippen LogP contribution in [0.3, 0.4) is 0 Å². The van der Waals surface area contributed by atoms with Gasteiger partial charge in [-0.05, 0) is 50.7 Å². The number of para-hydroxylation sites is 1. The molecular formula is C25H36N4. The zero-order valence-electron chi connectivity index (χ0n) is 18.1. The Hall–Kier alpha value is -1.88. The van der Waals surface area contributed by atoms with Gasteiger partial charge in [-0.1, -0.05) is 48.5 Å². The summed E-state index contributed by atoms with van der Waals surface area (Å²) in [4.78, 5) is 10.4. The van der Waals surface area contributed by atoms with E-state index >= 15 is 0 Å². The number of piperidine rings is 1. The van der Waals surface area contributed by atoms with E-state index in [9.17, 15) is 0 Å². The lowest BCUT2D eigenvalue weighted by Gasteiger charge is -2.52. The van der Waals surface area contributed by atoms with Crippen molar-refractivity contribution < 1.29 is 0 Å². The molecule has 0 unspecified atom stereocenters. The second kappa shape index (κ2) is 9.29. The Morgan fingerprint density at radius 2 is 1.38 bits per heavy atom. The molecule has 0 aliphatic carbocycles. The highest BCUT2D eigenvalue weighted by atomic mass is 15.3. The summed E-state index contributed by atoms with van der Waals surface area (Å²) < 4.78 is 0. The van der Waals surface area contributed by atoms with Crippen LogP contribution in [0.4, 0.5) is 5.69 Å². The van der Waals surface area contributed by atoms with Crippen molar-refractivity contribution in [2.75, 3.05) is 64.8 Å². The van der Waals surface area contributed by atoms with Crippen LogP contribution in [0.15, 0.2) is 60.7 Å². The SMILES string of the molecule is CN1CCC(CN(C)c2ccccc2)(N2CCN(Cc3ccccc3)CC2)CC1. The number of hydrogen-bond acceptors (Lipinski definition) is 4. The molecule has 2 aliphatic heterocycles. The van der Waals surface area contributed by atoms with Crippen LogP contribution in [0.1, 0.15) is 18.4 Å². The number of nitrogens with zero attached hydrogens (tertiary/aromatic N) is 4. The maximum Gasteiger partial charge on any atom is 0.0409 e. The molecule has 0 N–H and O–H groups in total. The number of anilines is 1. The Labute approximate surface area is 176 Å². The van der Waals surface area contributed by atoms with E-state index in [-0.39, 0.29) is 5.54 Å². The predicted molar refractivity (Wildman–Crippen MR) is 122 cm³/mol. The van der Waals surface area contributed by atoms with Gasteiger partial charge < -0.3 is 9.80 Å². The van der Waals surface area contributed by atoms with Crippen LogP contribution in [0.5, 0.6) is 0 Å². The lowest BCUT2D eigenvalue weighted by Crippen LogP contribution is -2.64. The molecule has 2 aromatic rings. The summed E-state index contributed by atoms with van der Waals surface area (Å²) in [5, 5.41) is 0. The van der Waals surface area contributed by atoms with Crippen molar-refractivity contribution >= 4 is 5.69 Å². The standard InChI is InChI=1S/C25H36N4/c1-26-15-13-25(14-16-26,22-27(2)24-11-7-4-8-12-24)29-19-17-28(18-20-29)21-23-9-5-3-6-10-23/h3-12H,13-22H2,1-2H3. The van der Waals surface area contributed by atoms with Gasteiger partial charge in [0.05, 0.1) is 0 Å². The summed E-state index contributed by atoms with van der Waals surface area (Å²) in [6.45, 7) is 9.29. The molecular weight excluding hydrogens is 356 g/mol. The highest BCUT2D eigenvalue weighted by Crippen LogP contribution is 2.32. The van der Waals surface area contributed by atoms with Crippen molar-refractivity contribution in [2.45, 2.75) is 24.9 Å². The van der Waals surface area contributed by atoms with Gasteiger partial charge >= 0.3 is 0 Å². The van der Waals surface area contributed by atoms with Crippen molar-refractivity contribution in [1.29, 1.82) is 0 Å². The van der Waals surface area contributed by atoms with E-state index in [1.807, 2.05) is 0 Å². The number of rotatable bonds is 6. The van der Waals surface area contributed by atoms with Crippen molar-refractivity contribution in [3.05, 3.63) is 66.2 Å². The molecule has 156 valence electrons. The predicted octanol–water partition coefficient (Wildman–Crippen LogP) is 3.41. The van der Waals surface area contributed by atoms with Crippen molar-refractivity contribution in [3.63, 3.8) is 0 Å². The van der Waals surface area contributed by atoms with Crippen LogP contribution in [-0.2, 0) is 6.54 Å². The van der Waals surface area contributed by atoms with Crippen LogP contribution in [0.25, 0.3) is 0 Å². The van der Waals surface area contributed by atoms with E-state index in [1.54, 1.807) is 0 Å². The molecule has 2 heterocycles. The Morgan fingerprint density at radius 3 is 2.00 bits per heavy atom. The van der Waals surface area contributed by atoms with E-state index in [0.717, 1.165) is 13.1 Å². The first-order chi connectivity index (χ1) is 14.1. The average molecular weight is 393 g/mol. The average Bonchev–Trinajstić information content (AvgIpc) is 2.77. The van der Waals surface area contributed by atoms with Crippen LogP contribution in [0.2, 0.25) is 0 Å². The molecule has 4 heteroatoms. The smallest absolute Gasteiger partial charge is 0.0409 e. The monoisotopic (exact) mass is 392 g/mol. The minimum Gasteiger partial charge on any atom is -0.373 e. The van der Waals surface area contributed by atoms with Gasteiger partial charge in [0.15, 0.2) is 0 Å². The third kappa shape index (κ3) is 5.00. The number of benzene rings is 2. The maximum atomic E-state index is 2.82. The first-order valence-corrected chi connectivity index (χ1v) is 11.1. The first-order valence-electron chi connectivity index (χ1n) is 11.1. The summed E-state index contributed by atoms with van der Waals surface area (Å²) in [6, 6.07) is 21.8. The fourth-order valence-electron chi connectivity index (χ4n) is 5.05. The second-order valence-corrected chi connectivity index (χ2v) is 8.97. The molecule has 2 aromatic carbocycles. The molecule has 0 radical (unpaired) electrons. The summed E-state index contributed by atoms with van der Waals surface area (Å²) >= 11 is 0. The largest absolute Gasteiger partial charge is 0.373 e. The molecule has 0 spiro atoms. The number of hydrogen-bond donors (Lipinski definition) is 0. The van der Waals surface area contributed by atoms with E-state index in [4.69, 9.17) is 0 Å². The fourth-order valence-corrected chi connectivity index (χ4v) is 5.05. The van der Waals surface area contributed by atoms with Gasteiger partial charge in [0.25, 0.3) is 0 Å².